The minimum atomic E-state index is 0.231. The van der Waals surface area contributed by atoms with Crippen LogP contribution in [0.15, 0.2) is 22.2 Å². The van der Waals surface area contributed by atoms with Crippen molar-refractivity contribution in [3.63, 3.8) is 0 Å². The summed E-state index contributed by atoms with van der Waals surface area (Å²) in [6.45, 7) is 4.76. The van der Waals surface area contributed by atoms with Crippen LogP contribution >= 0.6 is 15.9 Å². The predicted molar refractivity (Wildman–Crippen MR) is 91.6 cm³/mol. The molecule has 1 aromatic carbocycles. The number of Topliss-reactive ketones (excluding diaryl/α,β-unsaturated/α-hetero) is 1. The fraction of sp³-hybridized carbons (Fsp3) is 0.471. The summed E-state index contributed by atoms with van der Waals surface area (Å²) >= 11 is 3.55. The van der Waals surface area contributed by atoms with E-state index in [0.717, 1.165) is 35.1 Å². The molecular weight excluding hydrogens is 346 g/mol. The first kappa shape index (κ1) is 17.0. The lowest BCUT2D eigenvalue weighted by Crippen LogP contribution is -2.36. The Morgan fingerprint density at radius 3 is 2.73 bits per heavy atom. The van der Waals surface area contributed by atoms with Crippen molar-refractivity contribution < 1.29 is 14.3 Å². The lowest BCUT2D eigenvalue weighted by atomic mass is 10.00. The van der Waals surface area contributed by atoms with Crippen molar-refractivity contribution in [2.75, 3.05) is 33.9 Å². The minimum Gasteiger partial charge on any atom is -0.493 e. The van der Waals surface area contributed by atoms with E-state index in [2.05, 4.69) is 27.8 Å². The van der Waals surface area contributed by atoms with Crippen LogP contribution in [0.1, 0.15) is 25.3 Å². The van der Waals surface area contributed by atoms with E-state index >= 15 is 0 Å². The topological polar surface area (TPSA) is 38.8 Å². The molecule has 2 rings (SSSR count). The molecule has 1 fully saturated rings. The molecule has 0 aromatic heterocycles. The number of methoxy groups -OCH3 is 2. The van der Waals surface area contributed by atoms with Gasteiger partial charge < -0.3 is 9.47 Å². The molecule has 0 amide bonds. The summed E-state index contributed by atoms with van der Waals surface area (Å²) in [5.74, 6) is 1.54. The van der Waals surface area contributed by atoms with Crippen LogP contribution in [0, 0.1) is 0 Å². The van der Waals surface area contributed by atoms with E-state index < -0.39 is 0 Å². The fourth-order valence-electron chi connectivity index (χ4n) is 2.67. The Labute approximate surface area is 140 Å². The Hall–Kier alpha value is -1.33. The van der Waals surface area contributed by atoms with Gasteiger partial charge >= 0.3 is 0 Å². The molecule has 0 N–H and O–H groups in total. The van der Waals surface area contributed by atoms with Crippen LogP contribution in [0.25, 0.3) is 6.08 Å². The van der Waals surface area contributed by atoms with Crippen LogP contribution in [-0.2, 0) is 4.79 Å². The Morgan fingerprint density at radius 1 is 1.32 bits per heavy atom. The van der Waals surface area contributed by atoms with Gasteiger partial charge in [-0.3, -0.25) is 9.69 Å². The van der Waals surface area contributed by atoms with Gasteiger partial charge in [-0.25, -0.2) is 0 Å². The third-order valence-corrected chi connectivity index (χ3v) is 4.61. The molecule has 1 aliphatic heterocycles. The highest BCUT2D eigenvalue weighted by Gasteiger charge is 2.21. The van der Waals surface area contributed by atoms with Crippen LogP contribution in [0.2, 0.25) is 0 Å². The zero-order valence-electron chi connectivity index (χ0n) is 13.3. The predicted octanol–water partition coefficient (Wildman–Crippen LogP) is 3.53. The van der Waals surface area contributed by atoms with E-state index in [1.165, 1.54) is 0 Å². The number of halogens is 1. The summed E-state index contributed by atoms with van der Waals surface area (Å²) in [5, 5.41) is 0. The van der Waals surface area contributed by atoms with Gasteiger partial charge in [0.25, 0.3) is 0 Å². The van der Waals surface area contributed by atoms with Crippen molar-refractivity contribution in [2.24, 2.45) is 0 Å². The maximum absolute atomic E-state index is 12.2. The van der Waals surface area contributed by atoms with Gasteiger partial charge in [-0.1, -0.05) is 6.92 Å². The summed E-state index contributed by atoms with van der Waals surface area (Å²) in [4.78, 5) is 14.5. The second kappa shape index (κ2) is 7.79. The van der Waals surface area contributed by atoms with Gasteiger partial charge in [0.2, 0.25) is 0 Å². The molecular formula is C17H22BrNO3. The van der Waals surface area contributed by atoms with Crippen LogP contribution in [-0.4, -0.2) is 44.5 Å². The third-order valence-electron chi connectivity index (χ3n) is 3.79. The molecule has 0 saturated carbocycles. The number of likely N-dealkylation sites (tertiary alicyclic amines) is 1. The Morgan fingerprint density at radius 2 is 2.09 bits per heavy atom. The normalized spacial score (nSPS) is 17.8. The molecule has 1 saturated heterocycles. The molecule has 0 aliphatic carbocycles. The number of hydrogen-bond donors (Lipinski definition) is 0. The SMILES string of the molecule is CCCN1CCC(=O)/C(=C/c2ccc(OC)c(OC)c2Br)C1. The number of carbonyl (C=O) groups is 1. The first-order valence-corrected chi connectivity index (χ1v) is 8.26. The van der Waals surface area contributed by atoms with Gasteiger partial charge in [0.1, 0.15) is 0 Å². The van der Waals surface area contributed by atoms with Crippen molar-refractivity contribution in [3.05, 3.63) is 27.7 Å². The maximum Gasteiger partial charge on any atom is 0.175 e. The van der Waals surface area contributed by atoms with E-state index in [1.807, 2.05) is 18.2 Å². The second-order valence-electron chi connectivity index (χ2n) is 5.32. The molecule has 4 nitrogen and oxygen atoms in total. The van der Waals surface area contributed by atoms with Crippen molar-refractivity contribution in [2.45, 2.75) is 19.8 Å². The van der Waals surface area contributed by atoms with E-state index in [4.69, 9.17) is 9.47 Å². The average molecular weight is 368 g/mol. The Balaban J connectivity index is 2.33. The van der Waals surface area contributed by atoms with Gasteiger partial charge in [-0.05, 0) is 52.7 Å². The van der Waals surface area contributed by atoms with Gasteiger partial charge in [-0.2, -0.15) is 0 Å². The van der Waals surface area contributed by atoms with Crippen LogP contribution in [0.5, 0.6) is 11.5 Å². The smallest absolute Gasteiger partial charge is 0.175 e. The number of ketones is 1. The highest BCUT2D eigenvalue weighted by atomic mass is 79.9. The molecule has 0 radical (unpaired) electrons. The van der Waals surface area contributed by atoms with E-state index in [-0.39, 0.29) is 5.78 Å². The van der Waals surface area contributed by atoms with E-state index in [1.54, 1.807) is 14.2 Å². The molecule has 1 heterocycles. The highest BCUT2D eigenvalue weighted by Crippen LogP contribution is 2.38. The zero-order chi connectivity index (χ0) is 16.1. The Bertz CT molecular complexity index is 584. The van der Waals surface area contributed by atoms with E-state index in [0.29, 0.717) is 24.5 Å². The molecule has 120 valence electrons. The van der Waals surface area contributed by atoms with Gasteiger partial charge in [0.05, 0.1) is 18.7 Å². The van der Waals surface area contributed by atoms with E-state index in [9.17, 15) is 4.79 Å². The van der Waals surface area contributed by atoms with Crippen molar-refractivity contribution in [3.8, 4) is 11.5 Å². The van der Waals surface area contributed by atoms with Gasteiger partial charge in [0, 0.05) is 25.1 Å². The van der Waals surface area contributed by atoms with Crippen LogP contribution < -0.4 is 9.47 Å². The molecule has 1 aromatic rings. The fourth-order valence-corrected chi connectivity index (χ4v) is 3.27. The molecule has 0 bridgehead atoms. The second-order valence-corrected chi connectivity index (χ2v) is 6.12. The van der Waals surface area contributed by atoms with Crippen molar-refractivity contribution >= 4 is 27.8 Å². The monoisotopic (exact) mass is 367 g/mol. The first-order chi connectivity index (χ1) is 10.6. The molecule has 0 atom stereocenters. The number of rotatable bonds is 5. The number of benzene rings is 1. The standard InChI is InChI=1S/C17H22BrNO3/c1-4-8-19-9-7-14(20)13(11-19)10-12-5-6-15(21-2)17(22-3)16(12)18/h5-6,10H,4,7-9,11H2,1-3H3/b13-10+. The summed E-state index contributed by atoms with van der Waals surface area (Å²) in [5.41, 5.74) is 1.78. The molecule has 0 unspecified atom stereocenters. The molecule has 0 spiro atoms. The summed E-state index contributed by atoms with van der Waals surface area (Å²) in [6, 6.07) is 3.79. The minimum absolute atomic E-state index is 0.231. The molecule has 5 heteroatoms. The maximum atomic E-state index is 12.2. The summed E-state index contributed by atoms with van der Waals surface area (Å²) in [7, 11) is 3.21. The Kier molecular flexibility index (Phi) is 6.03. The largest absolute Gasteiger partial charge is 0.493 e. The van der Waals surface area contributed by atoms with Gasteiger partial charge in [-0.15, -0.1) is 0 Å². The number of nitrogens with zero attached hydrogens (tertiary/aromatic N) is 1. The van der Waals surface area contributed by atoms with Crippen LogP contribution in [0.4, 0.5) is 0 Å². The summed E-state index contributed by atoms with van der Waals surface area (Å²) in [6.07, 6.45) is 3.65. The number of carbonyl (C=O) groups excluding carboxylic acids is 1. The van der Waals surface area contributed by atoms with Gasteiger partial charge in [0.15, 0.2) is 17.3 Å². The number of ether oxygens (including phenoxy) is 2. The molecule has 1 aliphatic rings. The van der Waals surface area contributed by atoms with Crippen LogP contribution in [0.3, 0.4) is 0 Å². The summed E-state index contributed by atoms with van der Waals surface area (Å²) < 4.78 is 11.5. The van der Waals surface area contributed by atoms with Crippen molar-refractivity contribution in [1.29, 1.82) is 0 Å². The number of hydrogen-bond acceptors (Lipinski definition) is 4. The lowest BCUT2D eigenvalue weighted by molar-refractivity contribution is -0.117. The average Bonchev–Trinajstić information content (AvgIpc) is 2.52. The molecule has 22 heavy (non-hydrogen) atoms. The quantitative estimate of drug-likeness (QED) is 0.746. The third kappa shape index (κ3) is 3.70. The van der Waals surface area contributed by atoms with Crippen molar-refractivity contribution in [1.82, 2.24) is 4.90 Å². The lowest BCUT2D eigenvalue weighted by Gasteiger charge is -2.27. The number of piperidine rings is 1. The highest BCUT2D eigenvalue weighted by molar-refractivity contribution is 9.10. The zero-order valence-corrected chi connectivity index (χ0v) is 14.9. The first-order valence-electron chi connectivity index (χ1n) is 7.47.